The topological polar surface area (TPSA) is 42.1 Å². The number of rotatable bonds is 4. The van der Waals surface area contributed by atoms with E-state index in [1.807, 2.05) is 13.1 Å². The number of halogens is 1. The minimum absolute atomic E-state index is 0.533. The predicted octanol–water partition coefficient (Wildman–Crippen LogP) is 1.13. The molecule has 72 valence electrons. The molecule has 0 aliphatic rings. The van der Waals surface area contributed by atoms with Crippen LogP contribution >= 0.6 is 11.6 Å². The molecule has 0 aliphatic carbocycles. The molecule has 13 heavy (non-hydrogen) atoms. The third-order valence-corrected chi connectivity index (χ3v) is 1.98. The van der Waals surface area contributed by atoms with Crippen molar-refractivity contribution in [1.29, 1.82) is 0 Å². The number of aromatic nitrogens is 1. The summed E-state index contributed by atoms with van der Waals surface area (Å²) >= 11 is 5.66. The fraction of sp³-hybridized carbons (Fsp3) is 0.444. The van der Waals surface area contributed by atoms with Crippen molar-refractivity contribution in [3.8, 4) is 0 Å². The highest BCUT2D eigenvalue weighted by Crippen LogP contribution is 2.06. The van der Waals surface area contributed by atoms with E-state index in [9.17, 15) is 0 Å². The zero-order valence-electron chi connectivity index (χ0n) is 7.70. The van der Waals surface area contributed by atoms with Crippen LogP contribution in [0.3, 0.4) is 0 Å². The third-order valence-electron chi connectivity index (χ3n) is 1.75. The summed E-state index contributed by atoms with van der Waals surface area (Å²) in [7, 11) is 2.03. The largest absolute Gasteiger partial charge is 0.329 e. The molecule has 0 amide bonds. The van der Waals surface area contributed by atoms with Crippen molar-refractivity contribution < 1.29 is 0 Å². The van der Waals surface area contributed by atoms with Crippen molar-refractivity contribution in [3.63, 3.8) is 0 Å². The molecule has 0 bridgehead atoms. The lowest BCUT2D eigenvalue weighted by Gasteiger charge is -2.14. The Labute approximate surface area is 83.5 Å². The van der Waals surface area contributed by atoms with E-state index in [-0.39, 0.29) is 0 Å². The van der Waals surface area contributed by atoms with Gasteiger partial charge in [-0.3, -0.25) is 0 Å². The Balaban J connectivity index is 2.49. The summed E-state index contributed by atoms with van der Waals surface area (Å²) in [6.45, 7) is 2.43. The molecular formula is C9H14ClN3. The quantitative estimate of drug-likeness (QED) is 0.740. The summed E-state index contributed by atoms with van der Waals surface area (Å²) in [5.41, 5.74) is 6.58. The van der Waals surface area contributed by atoms with Gasteiger partial charge in [0, 0.05) is 25.8 Å². The van der Waals surface area contributed by atoms with Crippen LogP contribution in [0.25, 0.3) is 0 Å². The molecule has 3 nitrogen and oxygen atoms in total. The second kappa shape index (κ2) is 5.17. The van der Waals surface area contributed by atoms with Crippen LogP contribution in [0.2, 0.25) is 5.15 Å². The number of hydrogen-bond donors (Lipinski definition) is 1. The molecule has 1 rings (SSSR count). The zero-order valence-corrected chi connectivity index (χ0v) is 8.46. The van der Waals surface area contributed by atoms with Gasteiger partial charge in [0.2, 0.25) is 0 Å². The maximum atomic E-state index is 5.66. The van der Waals surface area contributed by atoms with E-state index in [1.165, 1.54) is 0 Å². The van der Waals surface area contributed by atoms with Gasteiger partial charge in [-0.25, -0.2) is 4.98 Å². The van der Waals surface area contributed by atoms with Crippen LogP contribution in [0.15, 0.2) is 18.3 Å². The Morgan fingerprint density at radius 1 is 1.54 bits per heavy atom. The van der Waals surface area contributed by atoms with Gasteiger partial charge in [-0.1, -0.05) is 17.7 Å². The Kier molecular flexibility index (Phi) is 4.15. The Morgan fingerprint density at radius 2 is 2.31 bits per heavy atom. The molecule has 0 saturated heterocycles. The Morgan fingerprint density at radius 3 is 2.85 bits per heavy atom. The number of nitrogens with two attached hydrogens (primary N) is 1. The maximum absolute atomic E-state index is 5.66. The van der Waals surface area contributed by atoms with Crippen molar-refractivity contribution in [2.24, 2.45) is 5.73 Å². The summed E-state index contributed by atoms with van der Waals surface area (Å²) < 4.78 is 0. The van der Waals surface area contributed by atoms with Gasteiger partial charge < -0.3 is 10.6 Å². The minimum Gasteiger partial charge on any atom is -0.329 e. The van der Waals surface area contributed by atoms with E-state index in [4.69, 9.17) is 17.3 Å². The highest BCUT2D eigenvalue weighted by atomic mass is 35.5. The molecule has 0 radical (unpaired) electrons. The van der Waals surface area contributed by atoms with Crippen LogP contribution in [-0.4, -0.2) is 30.0 Å². The van der Waals surface area contributed by atoms with E-state index < -0.39 is 0 Å². The van der Waals surface area contributed by atoms with Gasteiger partial charge in [-0.15, -0.1) is 0 Å². The summed E-state index contributed by atoms with van der Waals surface area (Å²) in [4.78, 5) is 6.14. The summed E-state index contributed by atoms with van der Waals surface area (Å²) in [6, 6.07) is 3.77. The van der Waals surface area contributed by atoms with Gasteiger partial charge in [-0.05, 0) is 18.7 Å². The molecule has 0 aromatic carbocycles. The van der Waals surface area contributed by atoms with Crippen LogP contribution in [-0.2, 0) is 6.54 Å². The first-order valence-corrected chi connectivity index (χ1v) is 4.59. The molecule has 0 aliphatic heterocycles. The highest BCUT2D eigenvalue weighted by molar-refractivity contribution is 6.29. The molecule has 0 unspecified atom stereocenters. The highest BCUT2D eigenvalue weighted by Gasteiger charge is 1.98. The molecule has 2 N–H and O–H groups in total. The molecule has 0 spiro atoms. The SMILES string of the molecule is CN(CCN)Cc1ccc(Cl)nc1. The molecule has 1 aromatic heterocycles. The fourth-order valence-electron chi connectivity index (χ4n) is 1.11. The Bertz CT molecular complexity index is 248. The fourth-order valence-corrected chi connectivity index (χ4v) is 1.22. The van der Waals surface area contributed by atoms with Crippen molar-refractivity contribution in [2.75, 3.05) is 20.1 Å². The van der Waals surface area contributed by atoms with E-state index in [0.29, 0.717) is 11.7 Å². The second-order valence-corrected chi connectivity index (χ2v) is 3.40. The average molecular weight is 200 g/mol. The molecule has 0 atom stereocenters. The Hall–Kier alpha value is -0.640. The van der Waals surface area contributed by atoms with Crippen LogP contribution in [0.1, 0.15) is 5.56 Å². The molecular weight excluding hydrogens is 186 g/mol. The number of pyridine rings is 1. The van der Waals surface area contributed by atoms with Gasteiger partial charge in [0.25, 0.3) is 0 Å². The monoisotopic (exact) mass is 199 g/mol. The first-order chi connectivity index (χ1) is 6.22. The summed E-state index contributed by atoms with van der Waals surface area (Å²) in [5.74, 6) is 0. The minimum atomic E-state index is 0.533. The molecule has 0 fully saturated rings. The molecule has 4 heteroatoms. The van der Waals surface area contributed by atoms with Crippen LogP contribution in [0.4, 0.5) is 0 Å². The second-order valence-electron chi connectivity index (χ2n) is 3.02. The lowest BCUT2D eigenvalue weighted by atomic mass is 10.3. The van der Waals surface area contributed by atoms with Crippen molar-refractivity contribution in [1.82, 2.24) is 9.88 Å². The van der Waals surface area contributed by atoms with Crippen molar-refractivity contribution in [2.45, 2.75) is 6.54 Å². The standard InChI is InChI=1S/C9H14ClN3/c1-13(5-4-11)7-8-2-3-9(10)12-6-8/h2-3,6H,4-5,7,11H2,1H3. The van der Waals surface area contributed by atoms with E-state index in [1.54, 1.807) is 12.3 Å². The van der Waals surface area contributed by atoms with Gasteiger partial charge in [0.15, 0.2) is 0 Å². The summed E-state index contributed by atoms with van der Waals surface area (Å²) in [5, 5.41) is 0.533. The smallest absolute Gasteiger partial charge is 0.129 e. The molecule has 0 saturated carbocycles. The lowest BCUT2D eigenvalue weighted by molar-refractivity contribution is 0.336. The lowest BCUT2D eigenvalue weighted by Crippen LogP contribution is -2.24. The number of hydrogen-bond acceptors (Lipinski definition) is 3. The van der Waals surface area contributed by atoms with Crippen LogP contribution < -0.4 is 5.73 Å². The van der Waals surface area contributed by atoms with E-state index in [2.05, 4.69) is 9.88 Å². The van der Waals surface area contributed by atoms with Crippen LogP contribution in [0.5, 0.6) is 0 Å². The number of nitrogens with zero attached hydrogens (tertiary/aromatic N) is 2. The van der Waals surface area contributed by atoms with Crippen LogP contribution in [0, 0.1) is 0 Å². The van der Waals surface area contributed by atoms with Crippen molar-refractivity contribution >= 4 is 11.6 Å². The number of likely N-dealkylation sites (N-methyl/N-ethyl adjacent to an activating group) is 1. The zero-order chi connectivity index (χ0) is 9.68. The van der Waals surface area contributed by atoms with Gasteiger partial charge >= 0.3 is 0 Å². The molecule has 1 heterocycles. The average Bonchev–Trinajstić information content (AvgIpc) is 2.09. The van der Waals surface area contributed by atoms with E-state index >= 15 is 0 Å². The van der Waals surface area contributed by atoms with Gasteiger partial charge in [0.1, 0.15) is 5.15 Å². The van der Waals surface area contributed by atoms with Gasteiger partial charge in [-0.2, -0.15) is 0 Å². The normalized spacial score (nSPS) is 10.8. The first-order valence-electron chi connectivity index (χ1n) is 4.21. The van der Waals surface area contributed by atoms with E-state index in [0.717, 1.165) is 18.7 Å². The maximum Gasteiger partial charge on any atom is 0.129 e. The predicted molar refractivity (Wildman–Crippen MR) is 54.6 cm³/mol. The van der Waals surface area contributed by atoms with Crippen molar-refractivity contribution in [3.05, 3.63) is 29.0 Å². The van der Waals surface area contributed by atoms with Gasteiger partial charge in [0.05, 0.1) is 0 Å². The summed E-state index contributed by atoms with van der Waals surface area (Å²) in [6.07, 6.45) is 1.79. The third kappa shape index (κ3) is 3.72. The first kappa shape index (κ1) is 10.4. The molecule has 1 aromatic rings.